The van der Waals surface area contributed by atoms with E-state index in [-0.39, 0.29) is 22.9 Å². The maximum Gasteiger partial charge on any atom is 0.416 e. The Morgan fingerprint density at radius 2 is 1.68 bits per heavy atom. The lowest BCUT2D eigenvalue weighted by Crippen LogP contribution is -2.04. The van der Waals surface area contributed by atoms with Crippen LogP contribution in [-0.4, -0.2) is 4.92 Å². The Labute approximate surface area is 129 Å². The van der Waals surface area contributed by atoms with Crippen molar-refractivity contribution in [3.05, 3.63) is 63.7 Å². The largest absolute Gasteiger partial charge is 0.457 e. The number of nitrogens with zero attached hydrogens (tertiary/aromatic N) is 1. The molecule has 0 fully saturated rings. The number of hydrogen-bond acceptors (Lipinski definition) is 3. The molecule has 0 heterocycles. The molecule has 0 aliphatic carbocycles. The Balaban J connectivity index is 2.22. The molecule has 0 saturated carbocycles. The SMILES string of the molecule is O=[N+]([O-])c1ccc(Oc2ccc(C(F)(F)F)cc2)cc1C[S]. The molecule has 0 N–H and O–H groups in total. The van der Waals surface area contributed by atoms with E-state index in [4.69, 9.17) is 17.4 Å². The summed E-state index contributed by atoms with van der Waals surface area (Å²) in [5, 5.41) is 10.8. The molecule has 2 aromatic rings. The Bertz CT molecular complexity index is 687. The number of halogens is 3. The van der Waals surface area contributed by atoms with Gasteiger partial charge in [0.1, 0.15) is 11.5 Å². The van der Waals surface area contributed by atoms with Crippen LogP contribution in [0.3, 0.4) is 0 Å². The minimum Gasteiger partial charge on any atom is -0.457 e. The fraction of sp³-hybridized carbons (Fsp3) is 0.143. The summed E-state index contributed by atoms with van der Waals surface area (Å²) in [4.78, 5) is 10.2. The van der Waals surface area contributed by atoms with Gasteiger partial charge in [0, 0.05) is 17.4 Å². The maximum atomic E-state index is 12.4. The number of benzene rings is 2. The second-order valence-corrected chi connectivity index (χ2v) is 4.60. The van der Waals surface area contributed by atoms with Crippen LogP contribution >= 0.6 is 12.6 Å². The Morgan fingerprint density at radius 3 is 2.18 bits per heavy atom. The summed E-state index contributed by atoms with van der Waals surface area (Å²) >= 11 is 4.82. The van der Waals surface area contributed by atoms with Crippen LogP contribution in [0.15, 0.2) is 42.5 Å². The minimum absolute atomic E-state index is 0.0283. The van der Waals surface area contributed by atoms with Crippen molar-refractivity contribution in [1.29, 1.82) is 0 Å². The molecule has 0 aliphatic heterocycles. The smallest absolute Gasteiger partial charge is 0.416 e. The van der Waals surface area contributed by atoms with E-state index >= 15 is 0 Å². The van der Waals surface area contributed by atoms with Gasteiger partial charge in [-0.05, 0) is 36.4 Å². The molecule has 2 aromatic carbocycles. The van der Waals surface area contributed by atoms with E-state index in [2.05, 4.69) is 0 Å². The van der Waals surface area contributed by atoms with Crippen molar-refractivity contribution in [2.75, 3.05) is 0 Å². The molecule has 0 bridgehead atoms. The highest BCUT2D eigenvalue weighted by atomic mass is 32.1. The number of ether oxygens (including phenoxy) is 1. The first-order valence-corrected chi connectivity index (χ1v) is 6.59. The Morgan fingerprint density at radius 1 is 1.09 bits per heavy atom. The average molecular weight is 328 g/mol. The minimum atomic E-state index is -4.42. The van der Waals surface area contributed by atoms with Crippen LogP contribution in [0.1, 0.15) is 11.1 Å². The Kier molecular flexibility index (Phi) is 4.60. The second-order valence-electron chi connectivity index (χ2n) is 4.32. The molecule has 2 rings (SSSR count). The monoisotopic (exact) mass is 328 g/mol. The quantitative estimate of drug-likeness (QED) is 0.579. The maximum absolute atomic E-state index is 12.4. The molecule has 0 aliphatic rings. The van der Waals surface area contributed by atoms with Gasteiger partial charge in [-0.2, -0.15) is 13.2 Å². The van der Waals surface area contributed by atoms with Crippen molar-refractivity contribution in [1.82, 2.24) is 0 Å². The molecule has 8 heteroatoms. The molecule has 0 saturated heterocycles. The van der Waals surface area contributed by atoms with Crippen LogP contribution < -0.4 is 4.74 Å². The van der Waals surface area contributed by atoms with Gasteiger partial charge in [-0.3, -0.25) is 10.1 Å². The lowest BCUT2D eigenvalue weighted by Gasteiger charge is -2.09. The van der Waals surface area contributed by atoms with Gasteiger partial charge in [-0.25, -0.2) is 0 Å². The molecule has 115 valence electrons. The van der Waals surface area contributed by atoms with Gasteiger partial charge in [0.05, 0.1) is 10.5 Å². The molecule has 0 atom stereocenters. The number of rotatable bonds is 4. The third-order valence-corrected chi connectivity index (χ3v) is 3.13. The van der Waals surface area contributed by atoms with Gasteiger partial charge < -0.3 is 4.74 Å². The third kappa shape index (κ3) is 3.70. The van der Waals surface area contributed by atoms with Crippen molar-refractivity contribution < 1.29 is 22.8 Å². The predicted octanol–water partition coefficient (Wildman–Crippen LogP) is 5.10. The topological polar surface area (TPSA) is 52.4 Å². The summed E-state index contributed by atoms with van der Waals surface area (Å²) in [6, 6.07) is 8.17. The van der Waals surface area contributed by atoms with Crippen LogP contribution in [0.2, 0.25) is 0 Å². The second kappa shape index (κ2) is 6.27. The predicted molar refractivity (Wildman–Crippen MR) is 75.9 cm³/mol. The third-order valence-electron chi connectivity index (χ3n) is 2.82. The summed E-state index contributed by atoms with van der Waals surface area (Å²) in [6.45, 7) is 0. The van der Waals surface area contributed by atoms with Gasteiger partial charge in [0.25, 0.3) is 5.69 Å². The van der Waals surface area contributed by atoms with Gasteiger partial charge in [0.15, 0.2) is 0 Å². The fourth-order valence-electron chi connectivity index (χ4n) is 1.77. The van der Waals surface area contributed by atoms with E-state index in [0.717, 1.165) is 12.1 Å². The molecular weight excluding hydrogens is 319 g/mol. The van der Waals surface area contributed by atoms with E-state index in [1.165, 1.54) is 30.3 Å². The van der Waals surface area contributed by atoms with Crippen molar-refractivity contribution in [3.63, 3.8) is 0 Å². The first-order chi connectivity index (χ1) is 10.3. The molecule has 1 radical (unpaired) electrons. The zero-order valence-electron chi connectivity index (χ0n) is 11.0. The van der Waals surface area contributed by atoms with Crippen molar-refractivity contribution in [2.24, 2.45) is 0 Å². The van der Waals surface area contributed by atoms with Crippen LogP contribution in [0.5, 0.6) is 11.5 Å². The molecule has 0 unspecified atom stereocenters. The van der Waals surface area contributed by atoms with Crippen LogP contribution in [0, 0.1) is 10.1 Å². The lowest BCUT2D eigenvalue weighted by molar-refractivity contribution is -0.385. The molecule has 22 heavy (non-hydrogen) atoms. The normalized spacial score (nSPS) is 11.3. The molecule has 4 nitrogen and oxygen atoms in total. The summed E-state index contributed by atoms with van der Waals surface area (Å²) in [5.74, 6) is 0.489. The first-order valence-electron chi connectivity index (χ1n) is 6.02. The number of alkyl halides is 3. The summed E-state index contributed by atoms with van der Waals surface area (Å²) in [5.41, 5.74) is -0.589. The molecule has 0 aromatic heterocycles. The highest BCUT2D eigenvalue weighted by molar-refractivity contribution is 7.79. The van der Waals surface area contributed by atoms with Gasteiger partial charge in [0.2, 0.25) is 0 Å². The molecular formula is C14H9F3NO3S. The highest BCUT2D eigenvalue weighted by Crippen LogP contribution is 2.32. The highest BCUT2D eigenvalue weighted by Gasteiger charge is 2.30. The van der Waals surface area contributed by atoms with Gasteiger partial charge in [-0.15, -0.1) is 0 Å². The summed E-state index contributed by atoms with van der Waals surface area (Å²) in [7, 11) is 0. The lowest BCUT2D eigenvalue weighted by atomic mass is 10.2. The van der Waals surface area contributed by atoms with E-state index in [1.54, 1.807) is 0 Å². The summed E-state index contributed by atoms with van der Waals surface area (Å²) in [6.07, 6.45) is -4.42. The number of hydrogen-bond donors (Lipinski definition) is 0. The first kappa shape index (κ1) is 16.2. The Hall–Kier alpha value is -2.22. The molecule has 0 spiro atoms. The van der Waals surface area contributed by atoms with Crippen LogP contribution in [0.25, 0.3) is 0 Å². The van der Waals surface area contributed by atoms with E-state index in [1.807, 2.05) is 0 Å². The summed E-state index contributed by atoms with van der Waals surface area (Å²) < 4.78 is 42.7. The van der Waals surface area contributed by atoms with Gasteiger partial charge >= 0.3 is 6.18 Å². The van der Waals surface area contributed by atoms with Crippen molar-refractivity contribution in [2.45, 2.75) is 11.9 Å². The standard InChI is InChI=1S/C14H9F3NO3S/c15-14(16,17)10-1-3-11(4-2-10)21-12-5-6-13(18(19)20)9(7-12)8-22/h1-7H,8H2. The average Bonchev–Trinajstić information content (AvgIpc) is 2.46. The number of nitro benzene ring substituents is 1. The van der Waals surface area contributed by atoms with E-state index in [0.29, 0.717) is 5.56 Å². The van der Waals surface area contributed by atoms with Crippen molar-refractivity contribution >= 4 is 18.3 Å². The van der Waals surface area contributed by atoms with E-state index in [9.17, 15) is 23.3 Å². The van der Waals surface area contributed by atoms with E-state index < -0.39 is 16.7 Å². The van der Waals surface area contributed by atoms with Crippen LogP contribution in [0.4, 0.5) is 18.9 Å². The van der Waals surface area contributed by atoms with Crippen molar-refractivity contribution in [3.8, 4) is 11.5 Å². The van der Waals surface area contributed by atoms with Gasteiger partial charge in [-0.1, -0.05) is 12.6 Å². The zero-order chi connectivity index (χ0) is 16.3. The fourth-order valence-corrected chi connectivity index (χ4v) is 2.00. The zero-order valence-corrected chi connectivity index (χ0v) is 11.8. The molecule has 0 amide bonds. The number of nitro groups is 1. The van der Waals surface area contributed by atoms with Crippen LogP contribution in [-0.2, 0) is 11.9 Å².